The van der Waals surface area contributed by atoms with E-state index in [1.165, 1.54) is 0 Å². The fourth-order valence-electron chi connectivity index (χ4n) is 9.36. The topological polar surface area (TPSA) is 52.6 Å². The average molecular weight is 1060 g/mol. The van der Waals surface area contributed by atoms with Crippen molar-refractivity contribution in [3.8, 4) is 68.1 Å². The van der Waals surface area contributed by atoms with Crippen molar-refractivity contribution in [2.75, 3.05) is 4.90 Å². The third-order valence-electron chi connectivity index (χ3n) is 12.3. The van der Waals surface area contributed by atoms with E-state index in [0.29, 0.717) is 51.2 Å². The van der Waals surface area contributed by atoms with Crippen LogP contribution in [-0.2, 0) is 26.5 Å². The number of benzene rings is 8. The predicted octanol–water partition coefficient (Wildman–Crippen LogP) is 11.6. The van der Waals surface area contributed by atoms with E-state index >= 15 is 0 Å². The predicted molar refractivity (Wildman–Crippen MR) is 261 cm³/mol. The maximum Gasteiger partial charge on any atom is 0.268 e. The second-order valence-corrected chi connectivity index (χ2v) is 17.2. The van der Waals surface area contributed by atoms with Gasteiger partial charge in [0, 0.05) is 50.2 Å². The second-order valence-electron chi connectivity index (χ2n) is 17.2. The molecule has 0 saturated heterocycles. The number of anilines is 3. The van der Waals surface area contributed by atoms with Crippen LogP contribution >= 0.6 is 0 Å². The summed E-state index contributed by atoms with van der Waals surface area (Å²) in [5.41, 5.74) is 6.98. The minimum Gasteiger partial charge on any atom is -0.510 e. The molecule has 0 atom stereocenters. The molecule has 13 rings (SSSR count). The molecule has 0 spiro atoms. The fraction of sp³-hybridized carbons (Fsp3) is 0.0690. The van der Waals surface area contributed by atoms with Gasteiger partial charge in [0.1, 0.15) is 23.1 Å². The number of imidazole rings is 1. The molecule has 0 bridgehead atoms. The number of hydrogen-bond acceptors (Lipinski definition) is 5. The van der Waals surface area contributed by atoms with Crippen molar-refractivity contribution >= 4 is 51.3 Å². The first-order valence-corrected chi connectivity index (χ1v) is 21.4. The number of para-hydroxylation sites is 3. The molecule has 0 radical (unpaired) electrons. The van der Waals surface area contributed by atoms with Crippen LogP contribution in [-0.4, -0.2) is 16.3 Å². The number of rotatable bonds is 7. The van der Waals surface area contributed by atoms with Gasteiger partial charge in [0.25, 0.3) is 6.33 Å². The van der Waals surface area contributed by atoms with Gasteiger partial charge in [-0.3, -0.25) is 4.57 Å². The molecule has 2 aromatic heterocycles. The largest absolute Gasteiger partial charge is 0.510 e. The van der Waals surface area contributed by atoms with Crippen LogP contribution in [0.4, 0.5) is 17.2 Å². The SMILES string of the molecule is [2H]c1c([2H])c([2H])c(-c2cccc(-c3c([2H])c([2H])c([2H])c([2H])c3[2H])c2-[n+]2[c-]n(-c3[c-]c(Oc4[c-]c5c6c(c4)Oc4cccc7c4B6c4c(cccc4N5c4cc(C(C)(C)C)ccn4)O7)ccc3)c3ccccc32)c([2H])c1[2H].[Pt]. The summed E-state index contributed by atoms with van der Waals surface area (Å²) in [6, 6.07) is 36.9. The molecule has 8 aromatic carbocycles. The monoisotopic (exact) mass is 1060 g/mol. The number of pyridine rings is 1. The van der Waals surface area contributed by atoms with Gasteiger partial charge in [0.15, 0.2) is 6.71 Å². The Labute approximate surface area is 417 Å². The zero-order valence-corrected chi connectivity index (χ0v) is 38.2. The molecule has 0 N–H and O–H groups in total. The van der Waals surface area contributed by atoms with Gasteiger partial charge in [-0.15, -0.1) is 23.7 Å². The van der Waals surface area contributed by atoms with Gasteiger partial charge in [-0.05, 0) is 86.2 Å². The minimum atomic E-state index is -0.581. The van der Waals surface area contributed by atoms with Crippen LogP contribution in [0.2, 0.25) is 0 Å². The standard InChI is InChI=1S/C58H39BN4O3.Pt/c1-58(2,3)39-30-31-60-53(32-39)63-47-26-14-27-49-54(47)59-55-48(63)34-42(35-52(55)66-51-29-15-28-50(65-49)56(51)59)64-41-21-12-20-40(33-41)61-36-62(46-25-11-10-24-45(46)61)57-43(37-16-6-4-7-17-37)22-13-23-44(57)38-18-8-5-9-19-38;/h4-32,35H,1-3H3;/q-2;/i4D,5D,6D,7D,8D,9D,16D,17D,18D,19D;. The van der Waals surface area contributed by atoms with Gasteiger partial charge >= 0.3 is 0 Å². The number of fused-ring (bicyclic) bond motifs is 1. The molecule has 3 aliphatic heterocycles. The summed E-state index contributed by atoms with van der Waals surface area (Å²) in [6.07, 6.45) is 5.24. The van der Waals surface area contributed by atoms with E-state index in [-0.39, 0.29) is 61.1 Å². The van der Waals surface area contributed by atoms with Crippen LogP contribution in [0.3, 0.4) is 0 Å². The number of ether oxygens (including phenoxy) is 3. The third-order valence-corrected chi connectivity index (χ3v) is 12.3. The van der Waals surface area contributed by atoms with Crippen LogP contribution in [0, 0.1) is 18.5 Å². The molecular formula is C58H39BN4O3Pt-2. The average Bonchev–Trinajstić information content (AvgIpc) is 3.83. The Hall–Kier alpha value is -7.67. The van der Waals surface area contributed by atoms with Gasteiger partial charge in [-0.25, -0.2) is 4.98 Å². The molecule has 9 heteroatoms. The molecule has 0 saturated carbocycles. The summed E-state index contributed by atoms with van der Waals surface area (Å²) in [6.45, 7) is 6.25. The molecule has 0 amide bonds. The maximum absolute atomic E-state index is 9.06. The number of nitrogens with zero attached hydrogens (tertiary/aromatic N) is 4. The third kappa shape index (κ3) is 6.61. The van der Waals surface area contributed by atoms with Crippen molar-refractivity contribution in [1.29, 1.82) is 0 Å². The molecule has 7 nitrogen and oxygen atoms in total. The Morgan fingerprint density at radius 3 is 2.04 bits per heavy atom. The van der Waals surface area contributed by atoms with Gasteiger partial charge in [0.2, 0.25) is 0 Å². The van der Waals surface area contributed by atoms with Gasteiger partial charge in [-0.2, -0.15) is 12.1 Å². The van der Waals surface area contributed by atoms with Gasteiger partial charge < -0.3 is 23.7 Å². The van der Waals surface area contributed by atoms with Crippen LogP contribution in [0.5, 0.6) is 34.5 Å². The van der Waals surface area contributed by atoms with E-state index in [1.807, 2.05) is 66.9 Å². The van der Waals surface area contributed by atoms with Gasteiger partial charge in [0.05, 0.1) is 30.4 Å². The number of aromatic nitrogens is 3. The molecule has 0 fully saturated rings. The summed E-state index contributed by atoms with van der Waals surface area (Å²) in [5.74, 6) is 4.02. The van der Waals surface area contributed by atoms with Crippen molar-refractivity contribution < 1.29 is 53.6 Å². The summed E-state index contributed by atoms with van der Waals surface area (Å²) < 4.78 is 111. The summed E-state index contributed by atoms with van der Waals surface area (Å²) >= 11 is 0. The molecule has 3 aliphatic rings. The Kier molecular flexibility index (Phi) is 7.35. The van der Waals surface area contributed by atoms with E-state index < -0.39 is 60.4 Å². The van der Waals surface area contributed by atoms with E-state index in [2.05, 4.69) is 56.3 Å². The molecule has 10 aromatic rings. The minimum absolute atomic E-state index is 0. The van der Waals surface area contributed by atoms with Crippen molar-refractivity contribution in [2.24, 2.45) is 0 Å². The maximum atomic E-state index is 9.06. The van der Waals surface area contributed by atoms with Crippen molar-refractivity contribution in [3.05, 3.63) is 206 Å². The molecule has 0 unspecified atom stereocenters. The summed E-state index contributed by atoms with van der Waals surface area (Å²) in [7, 11) is 0. The summed E-state index contributed by atoms with van der Waals surface area (Å²) in [4.78, 5) is 7.02. The molecule has 0 aliphatic carbocycles. The van der Waals surface area contributed by atoms with Crippen LogP contribution in [0.1, 0.15) is 40.0 Å². The molecule has 324 valence electrons. The van der Waals surface area contributed by atoms with Crippen molar-refractivity contribution in [1.82, 2.24) is 9.55 Å². The normalized spacial score (nSPS) is 14.9. The number of hydrogen-bond donors (Lipinski definition) is 0. The first-order valence-electron chi connectivity index (χ1n) is 26.4. The van der Waals surface area contributed by atoms with Crippen LogP contribution in [0.25, 0.3) is 44.7 Å². The van der Waals surface area contributed by atoms with Crippen LogP contribution in [0.15, 0.2) is 182 Å². The van der Waals surface area contributed by atoms with Gasteiger partial charge in [-0.1, -0.05) is 148 Å². The first kappa shape index (κ1) is 31.3. The zero-order valence-electron chi connectivity index (χ0n) is 46.0. The Morgan fingerprint density at radius 2 is 1.31 bits per heavy atom. The summed E-state index contributed by atoms with van der Waals surface area (Å²) in [5, 5.41) is 0. The first-order chi connectivity index (χ1) is 36.5. The van der Waals surface area contributed by atoms with E-state index in [9.17, 15) is 0 Å². The Morgan fingerprint density at radius 1 is 0.657 bits per heavy atom. The Balaban J connectivity index is 0.00000596. The molecule has 67 heavy (non-hydrogen) atoms. The fourth-order valence-corrected chi connectivity index (χ4v) is 9.36. The molecule has 5 heterocycles. The van der Waals surface area contributed by atoms with Crippen molar-refractivity contribution in [2.45, 2.75) is 26.2 Å². The van der Waals surface area contributed by atoms with Crippen molar-refractivity contribution in [3.63, 3.8) is 0 Å². The Bertz CT molecular complexity index is 4060. The van der Waals surface area contributed by atoms with E-state index in [0.717, 1.165) is 39.1 Å². The molecular weight excluding hydrogens is 1010 g/mol. The zero-order chi connectivity index (χ0) is 52.8. The van der Waals surface area contributed by atoms with Crippen LogP contribution < -0.4 is 40.1 Å². The van der Waals surface area contributed by atoms with E-state index in [4.69, 9.17) is 32.9 Å². The quantitative estimate of drug-likeness (QED) is 0.0904. The second kappa shape index (κ2) is 15.8. The van der Waals surface area contributed by atoms with E-state index in [1.54, 1.807) is 51.6 Å². The smallest absolute Gasteiger partial charge is 0.268 e.